The molecule has 1 N–H and O–H groups in total. The van der Waals surface area contributed by atoms with E-state index < -0.39 is 6.10 Å². The van der Waals surface area contributed by atoms with Gasteiger partial charge in [0, 0.05) is 18.4 Å². The molecular formula is C18H29NO3. The van der Waals surface area contributed by atoms with Gasteiger partial charge in [-0.2, -0.15) is 0 Å². The minimum atomic E-state index is -0.465. The summed E-state index contributed by atoms with van der Waals surface area (Å²) in [7, 11) is 0. The average Bonchev–Trinajstić information content (AvgIpc) is 2.47. The molecule has 4 aliphatic rings. The van der Waals surface area contributed by atoms with Crippen molar-refractivity contribution in [1.82, 2.24) is 4.90 Å². The molecule has 2 saturated carbocycles. The number of aliphatic hydroxyl groups is 1. The Hall–Kier alpha value is -0.610. The first-order chi connectivity index (χ1) is 10.5. The van der Waals surface area contributed by atoms with Crippen molar-refractivity contribution < 1.29 is 14.6 Å². The van der Waals surface area contributed by atoms with Crippen LogP contribution in [-0.4, -0.2) is 46.8 Å². The fourth-order valence-corrected chi connectivity index (χ4v) is 6.71. The Morgan fingerprint density at radius 2 is 1.91 bits per heavy atom. The van der Waals surface area contributed by atoms with Gasteiger partial charge < -0.3 is 9.84 Å². The smallest absolute Gasteiger partial charge is 0.303 e. The topological polar surface area (TPSA) is 49.8 Å². The van der Waals surface area contributed by atoms with E-state index in [1.165, 1.54) is 45.7 Å². The zero-order chi connectivity index (χ0) is 15.5. The summed E-state index contributed by atoms with van der Waals surface area (Å²) in [4.78, 5) is 14.3. The molecule has 7 atom stereocenters. The van der Waals surface area contributed by atoms with Crippen LogP contribution in [-0.2, 0) is 9.53 Å². The average molecular weight is 307 g/mol. The third kappa shape index (κ3) is 1.92. The molecule has 0 aromatic carbocycles. The fraction of sp³-hybridized carbons (Fsp3) is 0.944. The van der Waals surface area contributed by atoms with Gasteiger partial charge in [-0.25, -0.2) is 0 Å². The van der Waals surface area contributed by atoms with E-state index in [0.29, 0.717) is 23.7 Å². The first kappa shape index (κ1) is 14.9. The second-order valence-electron chi connectivity index (χ2n) is 8.25. The van der Waals surface area contributed by atoms with Crippen molar-refractivity contribution in [2.75, 3.05) is 13.1 Å². The van der Waals surface area contributed by atoms with Crippen LogP contribution in [0.4, 0.5) is 0 Å². The Balaban J connectivity index is 1.78. The number of esters is 1. The van der Waals surface area contributed by atoms with E-state index in [9.17, 15) is 9.90 Å². The highest BCUT2D eigenvalue weighted by Gasteiger charge is 2.65. The van der Waals surface area contributed by atoms with Gasteiger partial charge in [0.05, 0.1) is 6.10 Å². The van der Waals surface area contributed by atoms with E-state index in [1.807, 2.05) is 0 Å². The van der Waals surface area contributed by atoms with E-state index >= 15 is 0 Å². The van der Waals surface area contributed by atoms with Gasteiger partial charge in [-0.05, 0) is 69.4 Å². The molecule has 4 nitrogen and oxygen atoms in total. The van der Waals surface area contributed by atoms with Crippen LogP contribution in [0, 0.1) is 23.7 Å². The molecule has 0 aromatic rings. The van der Waals surface area contributed by atoms with E-state index in [1.54, 1.807) is 0 Å². The Morgan fingerprint density at radius 1 is 1.23 bits per heavy atom. The first-order valence-electron chi connectivity index (χ1n) is 9.14. The minimum Gasteiger partial charge on any atom is -0.459 e. The largest absolute Gasteiger partial charge is 0.459 e. The maximum Gasteiger partial charge on any atom is 0.303 e. The van der Waals surface area contributed by atoms with Gasteiger partial charge in [0.1, 0.15) is 6.10 Å². The van der Waals surface area contributed by atoms with Gasteiger partial charge in [0.25, 0.3) is 0 Å². The van der Waals surface area contributed by atoms with Crippen molar-refractivity contribution in [2.45, 2.75) is 70.1 Å². The molecule has 2 bridgehead atoms. The highest BCUT2D eigenvalue weighted by molar-refractivity contribution is 5.66. The second-order valence-corrected chi connectivity index (χ2v) is 8.25. The SMILES string of the molecule is CC(=O)O[C@H]1[C@H](O)[C@@H]2C[C@@H](C)C[C@@]34[C@@H]1CCCN3CCC[C@@H]24. The molecule has 2 aliphatic carbocycles. The zero-order valence-corrected chi connectivity index (χ0v) is 13.8. The highest BCUT2D eigenvalue weighted by atomic mass is 16.6. The summed E-state index contributed by atoms with van der Waals surface area (Å²) in [6.45, 7) is 6.20. The number of piperidine rings is 2. The summed E-state index contributed by atoms with van der Waals surface area (Å²) < 4.78 is 5.69. The molecule has 0 unspecified atom stereocenters. The molecule has 0 aromatic heterocycles. The number of hydrogen-bond acceptors (Lipinski definition) is 4. The monoisotopic (exact) mass is 307 g/mol. The molecule has 124 valence electrons. The number of hydrogen-bond donors (Lipinski definition) is 1. The van der Waals surface area contributed by atoms with Crippen molar-refractivity contribution in [3.05, 3.63) is 0 Å². The van der Waals surface area contributed by atoms with Crippen LogP contribution in [0.2, 0.25) is 0 Å². The lowest BCUT2D eigenvalue weighted by Crippen LogP contribution is -2.75. The minimum absolute atomic E-state index is 0.193. The van der Waals surface area contributed by atoms with Crippen LogP contribution in [0.25, 0.3) is 0 Å². The predicted molar refractivity (Wildman–Crippen MR) is 83.2 cm³/mol. The molecule has 1 spiro atoms. The maximum atomic E-state index is 11.6. The van der Waals surface area contributed by atoms with E-state index in [0.717, 1.165) is 12.8 Å². The van der Waals surface area contributed by atoms with Crippen LogP contribution in [0.3, 0.4) is 0 Å². The Morgan fingerprint density at radius 3 is 2.59 bits per heavy atom. The molecule has 0 amide bonds. The third-order valence-electron chi connectivity index (χ3n) is 7.10. The van der Waals surface area contributed by atoms with Crippen LogP contribution in [0.1, 0.15) is 52.4 Å². The zero-order valence-electron chi connectivity index (χ0n) is 13.8. The van der Waals surface area contributed by atoms with Gasteiger partial charge in [0.2, 0.25) is 0 Å². The standard InChI is InChI=1S/C18H29NO3/c1-11-9-13-14-5-3-7-19-8-4-6-15(18(14,19)10-11)17(16(13)21)22-12(2)20/h11,13-17,21H,3-10H2,1-2H3/t11-,13-,14+,15-,16-,17-,18-/m1/s1. The van der Waals surface area contributed by atoms with Crippen LogP contribution in [0.15, 0.2) is 0 Å². The van der Waals surface area contributed by atoms with Gasteiger partial charge >= 0.3 is 5.97 Å². The van der Waals surface area contributed by atoms with Crippen molar-refractivity contribution in [3.8, 4) is 0 Å². The van der Waals surface area contributed by atoms with E-state index in [4.69, 9.17) is 4.74 Å². The third-order valence-corrected chi connectivity index (χ3v) is 7.10. The molecule has 4 fully saturated rings. The van der Waals surface area contributed by atoms with E-state index in [-0.39, 0.29) is 17.6 Å². The number of ether oxygens (including phenoxy) is 1. The molecule has 4 rings (SSSR count). The molecule has 2 heterocycles. The van der Waals surface area contributed by atoms with Crippen molar-refractivity contribution in [2.24, 2.45) is 23.7 Å². The van der Waals surface area contributed by atoms with Crippen molar-refractivity contribution in [1.29, 1.82) is 0 Å². The lowest BCUT2D eigenvalue weighted by Gasteiger charge is -2.68. The second kappa shape index (κ2) is 5.20. The number of aliphatic hydroxyl groups excluding tert-OH is 1. The molecule has 0 radical (unpaired) electrons. The lowest BCUT2D eigenvalue weighted by atomic mass is 9.47. The summed E-state index contributed by atoms with van der Waals surface area (Å²) in [5, 5.41) is 11.0. The highest BCUT2D eigenvalue weighted by Crippen LogP contribution is 2.60. The predicted octanol–water partition coefficient (Wildman–Crippen LogP) is 2.20. The van der Waals surface area contributed by atoms with E-state index in [2.05, 4.69) is 11.8 Å². The Labute approximate surface area is 133 Å². The van der Waals surface area contributed by atoms with Crippen LogP contribution in [0.5, 0.6) is 0 Å². The fourth-order valence-electron chi connectivity index (χ4n) is 6.71. The number of carbonyl (C=O) groups is 1. The molecular weight excluding hydrogens is 278 g/mol. The summed E-state index contributed by atoms with van der Waals surface area (Å²) in [5.74, 6) is 1.66. The van der Waals surface area contributed by atoms with Crippen molar-refractivity contribution >= 4 is 5.97 Å². The van der Waals surface area contributed by atoms with Crippen molar-refractivity contribution in [3.63, 3.8) is 0 Å². The van der Waals surface area contributed by atoms with Gasteiger partial charge in [0.15, 0.2) is 0 Å². The number of rotatable bonds is 1. The summed E-state index contributed by atoms with van der Waals surface area (Å²) >= 11 is 0. The quantitative estimate of drug-likeness (QED) is 0.755. The Kier molecular flexibility index (Phi) is 3.53. The molecule has 22 heavy (non-hydrogen) atoms. The maximum absolute atomic E-state index is 11.6. The molecule has 2 aliphatic heterocycles. The molecule has 4 heteroatoms. The summed E-state index contributed by atoms with van der Waals surface area (Å²) in [6.07, 6.45) is 6.34. The lowest BCUT2D eigenvalue weighted by molar-refractivity contribution is -0.242. The van der Waals surface area contributed by atoms with Gasteiger partial charge in [-0.3, -0.25) is 9.69 Å². The molecule has 2 saturated heterocycles. The van der Waals surface area contributed by atoms with Gasteiger partial charge in [-0.1, -0.05) is 6.92 Å². The number of carbonyl (C=O) groups excluding carboxylic acids is 1. The first-order valence-corrected chi connectivity index (χ1v) is 9.14. The number of nitrogens with zero attached hydrogens (tertiary/aromatic N) is 1. The Bertz CT molecular complexity index is 465. The summed E-state index contributed by atoms with van der Waals surface area (Å²) in [5.41, 5.74) is 0.193. The van der Waals surface area contributed by atoms with Gasteiger partial charge in [-0.15, -0.1) is 0 Å². The van der Waals surface area contributed by atoms with Crippen LogP contribution < -0.4 is 0 Å². The summed E-state index contributed by atoms with van der Waals surface area (Å²) in [6, 6.07) is 0. The van der Waals surface area contributed by atoms with Crippen LogP contribution >= 0.6 is 0 Å². The normalized spacial score (nSPS) is 51.0.